The van der Waals surface area contributed by atoms with Gasteiger partial charge in [-0.05, 0) is 24.3 Å². The molecule has 3 aromatic rings. The highest BCUT2D eigenvalue weighted by Crippen LogP contribution is 2.40. The summed E-state index contributed by atoms with van der Waals surface area (Å²) in [4.78, 5) is 0. The zero-order chi connectivity index (χ0) is 16.4. The first-order chi connectivity index (χ1) is 11.2. The first kappa shape index (κ1) is 15.2. The van der Waals surface area contributed by atoms with Crippen LogP contribution in [-0.2, 0) is 7.05 Å². The van der Waals surface area contributed by atoms with Crippen LogP contribution in [0.2, 0.25) is 0 Å². The number of para-hydroxylation sites is 1. The van der Waals surface area contributed by atoms with E-state index < -0.39 is 0 Å². The summed E-state index contributed by atoms with van der Waals surface area (Å²) >= 11 is 0. The standard InChI is InChI=1S/C19H20NO3/c1-20-15-8-6-5-7-13(15)9-10-16(20)14-11-17(21-2)19(23-4)18(12-14)22-3/h5-12H,1-4H3/q+1. The number of ether oxygens (including phenoxy) is 3. The first-order valence-corrected chi connectivity index (χ1v) is 7.37. The maximum Gasteiger partial charge on any atom is 0.213 e. The molecule has 0 unspecified atom stereocenters. The number of nitrogens with zero attached hydrogens (tertiary/aromatic N) is 1. The SMILES string of the molecule is COc1cc(-c2ccc3ccccc3[n+]2C)cc(OC)c1OC. The van der Waals surface area contributed by atoms with Gasteiger partial charge < -0.3 is 14.2 Å². The Morgan fingerprint density at radius 3 is 2.04 bits per heavy atom. The Labute approximate surface area is 135 Å². The topological polar surface area (TPSA) is 31.6 Å². The van der Waals surface area contributed by atoms with Gasteiger partial charge in [0.25, 0.3) is 0 Å². The Hall–Kier alpha value is -2.75. The highest BCUT2D eigenvalue weighted by Gasteiger charge is 2.19. The van der Waals surface area contributed by atoms with Crippen LogP contribution in [-0.4, -0.2) is 21.3 Å². The second kappa shape index (κ2) is 6.16. The highest BCUT2D eigenvalue weighted by atomic mass is 16.5. The predicted molar refractivity (Wildman–Crippen MR) is 90.2 cm³/mol. The van der Waals surface area contributed by atoms with Crippen LogP contribution in [0.3, 0.4) is 0 Å². The monoisotopic (exact) mass is 310 g/mol. The first-order valence-electron chi connectivity index (χ1n) is 7.37. The van der Waals surface area contributed by atoms with E-state index in [1.54, 1.807) is 21.3 Å². The highest BCUT2D eigenvalue weighted by molar-refractivity contribution is 5.78. The molecule has 23 heavy (non-hydrogen) atoms. The van der Waals surface area contributed by atoms with Gasteiger partial charge in [-0.1, -0.05) is 12.1 Å². The molecule has 4 nitrogen and oxygen atoms in total. The summed E-state index contributed by atoms with van der Waals surface area (Å²) < 4.78 is 18.5. The lowest BCUT2D eigenvalue weighted by molar-refractivity contribution is -0.633. The van der Waals surface area contributed by atoms with E-state index in [9.17, 15) is 0 Å². The molecule has 118 valence electrons. The maximum atomic E-state index is 5.45. The second-order valence-corrected chi connectivity index (χ2v) is 5.25. The molecule has 0 saturated heterocycles. The molecule has 4 heteroatoms. The molecule has 2 aromatic carbocycles. The van der Waals surface area contributed by atoms with Gasteiger partial charge in [-0.3, -0.25) is 0 Å². The van der Waals surface area contributed by atoms with Gasteiger partial charge in [0.05, 0.1) is 26.9 Å². The number of rotatable bonds is 4. The van der Waals surface area contributed by atoms with Gasteiger partial charge in [-0.25, -0.2) is 0 Å². The number of fused-ring (bicyclic) bond motifs is 1. The zero-order valence-corrected chi connectivity index (χ0v) is 13.8. The molecule has 0 aliphatic carbocycles. The van der Waals surface area contributed by atoms with Crippen molar-refractivity contribution in [3.05, 3.63) is 48.5 Å². The fraction of sp³-hybridized carbons (Fsp3) is 0.211. The van der Waals surface area contributed by atoms with E-state index in [0.717, 1.165) is 11.3 Å². The molecule has 0 atom stereocenters. The molecular weight excluding hydrogens is 290 g/mol. The van der Waals surface area contributed by atoms with E-state index in [2.05, 4.69) is 35.9 Å². The van der Waals surface area contributed by atoms with E-state index in [4.69, 9.17) is 14.2 Å². The minimum Gasteiger partial charge on any atom is -0.493 e. The minimum absolute atomic E-state index is 0.599. The molecule has 0 N–H and O–H groups in total. The van der Waals surface area contributed by atoms with Crippen molar-refractivity contribution in [2.45, 2.75) is 0 Å². The molecule has 1 aromatic heterocycles. The number of hydrogen-bond acceptors (Lipinski definition) is 3. The van der Waals surface area contributed by atoms with Gasteiger partial charge >= 0.3 is 0 Å². The molecule has 0 radical (unpaired) electrons. The maximum absolute atomic E-state index is 5.45. The average Bonchev–Trinajstić information content (AvgIpc) is 2.61. The summed E-state index contributed by atoms with van der Waals surface area (Å²) in [7, 11) is 6.92. The Balaban J connectivity index is 2.24. The zero-order valence-electron chi connectivity index (χ0n) is 13.8. The summed E-state index contributed by atoms with van der Waals surface area (Å²) in [5, 5.41) is 1.20. The molecule has 0 fully saturated rings. The quantitative estimate of drug-likeness (QED) is 0.693. The summed E-state index contributed by atoms with van der Waals surface area (Å²) in [6, 6.07) is 16.4. The van der Waals surface area contributed by atoms with E-state index in [-0.39, 0.29) is 0 Å². The number of pyridine rings is 1. The largest absolute Gasteiger partial charge is 0.493 e. The summed E-state index contributed by atoms with van der Waals surface area (Å²) in [5.41, 5.74) is 3.24. The van der Waals surface area contributed by atoms with Crippen LogP contribution in [0.5, 0.6) is 17.2 Å². The lowest BCUT2D eigenvalue weighted by Gasteiger charge is -2.13. The summed E-state index contributed by atoms with van der Waals surface area (Å²) in [5.74, 6) is 1.90. The van der Waals surface area contributed by atoms with Gasteiger partial charge in [-0.15, -0.1) is 0 Å². The van der Waals surface area contributed by atoms with Crippen LogP contribution in [0.4, 0.5) is 0 Å². The molecule has 0 aliphatic rings. The van der Waals surface area contributed by atoms with Crippen molar-refractivity contribution in [2.24, 2.45) is 7.05 Å². The molecule has 0 bridgehead atoms. The molecule has 0 amide bonds. The van der Waals surface area contributed by atoms with E-state index in [1.807, 2.05) is 24.3 Å². The third-order valence-electron chi connectivity index (χ3n) is 4.04. The third kappa shape index (κ3) is 2.57. The van der Waals surface area contributed by atoms with Crippen LogP contribution in [0, 0.1) is 0 Å². The minimum atomic E-state index is 0.599. The molecule has 3 rings (SSSR count). The van der Waals surface area contributed by atoms with Crippen molar-refractivity contribution in [1.82, 2.24) is 0 Å². The smallest absolute Gasteiger partial charge is 0.213 e. The fourth-order valence-corrected chi connectivity index (χ4v) is 2.86. The van der Waals surface area contributed by atoms with Gasteiger partial charge in [0.15, 0.2) is 11.5 Å². The lowest BCUT2D eigenvalue weighted by atomic mass is 10.1. The van der Waals surface area contributed by atoms with Crippen molar-refractivity contribution in [3.63, 3.8) is 0 Å². The predicted octanol–water partition coefficient (Wildman–Crippen LogP) is 3.36. The molecule has 0 spiro atoms. The van der Waals surface area contributed by atoms with Gasteiger partial charge in [0.1, 0.15) is 7.05 Å². The van der Waals surface area contributed by atoms with Crippen molar-refractivity contribution in [2.75, 3.05) is 21.3 Å². The van der Waals surface area contributed by atoms with Gasteiger partial charge in [0, 0.05) is 17.5 Å². The molecular formula is C19H20NO3+. The number of methoxy groups -OCH3 is 3. The van der Waals surface area contributed by atoms with Crippen molar-refractivity contribution in [1.29, 1.82) is 0 Å². The molecule has 1 heterocycles. The summed E-state index contributed by atoms with van der Waals surface area (Å²) in [6.45, 7) is 0. The summed E-state index contributed by atoms with van der Waals surface area (Å²) in [6.07, 6.45) is 0. The number of aryl methyl sites for hydroxylation is 1. The number of benzene rings is 2. The van der Waals surface area contributed by atoms with Crippen LogP contribution < -0.4 is 18.8 Å². The van der Waals surface area contributed by atoms with Crippen LogP contribution in [0.1, 0.15) is 0 Å². The number of hydrogen-bond donors (Lipinski definition) is 0. The Morgan fingerprint density at radius 1 is 0.783 bits per heavy atom. The van der Waals surface area contributed by atoms with Crippen LogP contribution in [0.25, 0.3) is 22.2 Å². The Kier molecular flexibility index (Phi) is 4.06. The lowest BCUT2D eigenvalue weighted by Crippen LogP contribution is -2.31. The molecule has 0 aliphatic heterocycles. The van der Waals surface area contributed by atoms with E-state index in [0.29, 0.717) is 17.2 Å². The Morgan fingerprint density at radius 2 is 1.43 bits per heavy atom. The van der Waals surface area contributed by atoms with Crippen molar-refractivity contribution in [3.8, 4) is 28.5 Å². The average molecular weight is 310 g/mol. The Bertz CT molecular complexity index is 833. The second-order valence-electron chi connectivity index (χ2n) is 5.25. The fourth-order valence-electron chi connectivity index (χ4n) is 2.86. The van der Waals surface area contributed by atoms with Crippen LogP contribution in [0.15, 0.2) is 48.5 Å². The van der Waals surface area contributed by atoms with Gasteiger partial charge in [0.2, 0.25) is 17.0 Å². The van der Waals surface area contributed by atoms with Crippen LogP contribution >= 0.6 is 0 Å². The molecule has 0 saturated carbocycles. The van der Waals surface area contributed by atoms with E-state index in [1.165, 1.54) is 10.9 Å². The van der Waals surface area contributed by atoms with Gasteiger partial charge in [-0.2, -0.15) is 4.57 Å². The normalized spacial score (nSPS) is 10.6. The number of aromatic nitrogens is 1. The third-order valence-corrected chi connectivity index (χ3v) is 4.04. The van der Waals surface area contributed by atoms with E-state index >= 15 is 0 Å². The van der Waals surface area contributed by atoms with Crippen molar-refractivity contribution >= 4 is 10.9 Å². The van der Waals surface area contributed by atoms with Crippen molar-refractivity contribution < 1.29 is 18.8 Å².